The summed E-state index contributed by atoms with van der Waals surface area (Å²) in [5.74, 6) is -4.65. The van der Waals surface area contributed by atoms with Crippen LogP contribution in [0.5, 0.6) is 0 Å². The van der Waals surface area contributed by atoms with Crippen LogP contribution < -0.4 is 11.3 Å². The van der Waals surface area contributed by atoms with Gasteiger partial charge in [-0.05, 0) is 24.6 Å². The van der Waals surface area contributed by atoms with E-state index in [4.69, 9.17) is 10.8 Å². The van der Waals surface area contributed by atoms with Crippen LogP contribution in [0.4, 0.5) is 8.78 Å². The van der Waals surface area contributed by atoms with Crippen molar-refractivity contribution in [2.24, 2.45) is 5.73 Å². The van der Waals surface area contributed by atoms with Crippen molar-refractivity contribution in [3.8, 4) is 11.4 Å². The normalized spacial score (nSPS) is 11.0. The Bertz CT molecular complexity index is 1120. The zero-order valence-corrected chi connectivity index (χ0v) is 14.1. The first kappa shape index (κ1) is 17.7. The van der Waals surface area contributed by atoms with E-state index in [1.54, 1.807) is 0 Å². The Morgan fingerprint density at radius 3 is 2.46 bits per heavy atom. The molecule has 10 heteroatoms. The van der Waals surface area contributed by atoms with E-state index in [9.17, 15) is 23.2 Å². The maximum atomic E-state index is 14.2. The van der Waals surface area contributed by atoms with Crippen LogP contribution in [0.25, 0.3) is 21.6 Å². The van der Waals surface area contributed by atoms with Gasteiger partial charge in [0.15, 0.2) is 5.82 Å². The molecule has 0 radical (unpaired) electrons. The number of aliphatic carboxylic acids is 1. The van der Waals surface area contributed by atoms with Crippen LogP contribution in [-0.2, 0) is 11.3 Å². The Morgan fingerprint density at radius 2 is 1.92 bits per heavy atom. The summed E-state index contributed by atoms with van der Waals surface area (Å²) in [5, 5.41) is 9.08. The summed E-state index contributed by atoms with van der Waals surface area (Å²) in [6.07, 6.45) is 0. The fourth-order valence-corrected chi connectivity index (χ4v) is 3.66. The van der Waals surface area contributed by atoms with Gasteiger partial charge < -0.3 is 10.8 Å². The Labute approximate surface area is 148 Å². The molecular weight excluding hydrogens is 368 g/mol. The number of carboxylic acids is 1. The topological polar surface area (TPSA) is 115 Å². The number of hydrogen-bond donors (Lipinski definition) is 2. The van der Waals surface area contributed by atoms with E-state index in [2.05, 4.69) is 4.98 Å². The highest BCUT2D eigenvalue weighted by molar-refractivity contribution is 7.20. The fourth-order valence-electron chi connectivity index (χ4n) is 2.64. The van der Waals surface area contributed by atoms with Gasteiger partial charge in [-0.3, -0.25) is 19.0 Å². The number of benzene rings is 1. The van der Waals surface area contributed by atoms with E-state index in [-0.39, 0.29) is 20.7 Å². The minimum Gasteiger partial charge on any atom is -0.480 e. The summed E-state index contributed by atoms with van der Waals surface area (Å²) in [5.41, 5.74) is 4.06. The molecule has 0 unspecified atom stereocenters. The van der Waals surface area contributed by atoms with Gasteiger partial charge in [-0.15, -0.1) is 11.3 Å². The van der Waals surface area contributed by atoms with Crippen molar-refractivity contribution in [1.82, 2.24) is 9.55 Å². The van der Waals surface area contributed by atoms with Crippen molar-refractivity contribution in [3.63, 3.8) is 0 Å². The van der Waals surface area contributed by atoms with Gasteiger partial charge in [-0.25, -0.2) is 13.8 Å². The number of aryl methyl sites for hydroxylation is 1. The first-order chi connectivity index (χ1) is 12.2. The number of nitrogens with zero attached hydrogens (tertiary/aromatic N) is 2. The third-order valence-electron chi connectivity index (χ3n) is 3.75. The van der Waals surface area contributed by atoms with Crippen LogP contribution in [-0.4, -0.2) is 26.5 Å². The molecule has 2 aromatic heterocycles. The number of carbonyl (C=O) groups excluding carboxylic acids is 1. The molecule has 0 saturated heterocycles. The van der Waals surface area contributed by atoms with Crippen LogP contribution in [0.2, 0.25) is 0 Å². The third kappa shape index (κ3) is 2.73. The number of aromatic nitrogens is 2. The van der Waals surface area contributed by atoms with Gasteiger partial charge >= 0.3 is 5.97 Å². The second-order valence-electron chi connectivity index (χ2n) is 5.42. The van der Waals surface area contributed by atoms with Gasteiger partial charge in [0.2, 0.25) is 0 Å². The molecule has 0 fully saturated rings. The zero-order chi connectivity index (χ0) is 19.2. The fraction of sp³-hybridized carbons (Fsp3) is 0.125. The maximum Gasteiger partial charge on any atom is 0.323 e. The lowest BCUT2D eigenvalue weighted by molar-refractivity contribution is -0.137. The predicted octanol–water partition coefficient (Wildman–Crippen LogP) is 1.90. The molecule has 0 bridgehead atoms. The molecule has 26 heavy (non-hydrogen) atoms. The van der Waals surface area contributed by atoms with Crippen molar-refractivity contribution in [2.75, 3.05) is 0 Å². The third-order valence-corrected chi connectivity index (χ3v) is 4.95. The number of carbonyl (C=O) groups is 2. The molecule has 3 N–H and O–H groups in total. The highest BCUT2D eigenvalue weighted by Crippen LogP contribution is 2.30. The molecule has 3 aromatic rings. The summed E-state index contributed by atoms with van der Waals surface area (Å²) in [7, 11) is 0. The lowest BCUT2D eigenvalue weighted by atomic mass is 10.1. The quantitative estimate of drug-likeness (QED) is 0.718. The molecule has 2 heterocycles. The van der Waals surface area contributed by atoms with Gasteiger partial charge in [0.1, 0.15) is 23.0 Å². The average molecular weight is 379 g/mol. The van der Waals surface area contributed by atoms with E-state index in [0.29, 0.717) is 4.57 Å². The van der Waals surface area contributed by atoms with Crippen molar-refractivity contribution in [3.05, 3.63) is 50.6 Å². The summed E-state index contributed by atoms with van der Waals surface area (Å²) in [4.78, 5) is 39.7. The molecule has 1 amide bonds. The average Bonchev–Trinajstić information content (AvgIpc) is 2.87. The standard InChI is InChI=1S/C16H11F2N3O4S/c1-6-10-15(26-12(6)13(19)24)20-14(21(16(10)25)5-9(22)23)11-7(17)3-2-4-8(11)18/h2-4H,5H2,1H3,(H2,19,24)(H,22,23). The molecule has 0 spiro atoms. The van der Waals surface area contributed by atoms with Crippen molar-refractivity contribution >= 4 is 33.4 Å². The number of fused-ring (bicyclic) bond motifs is 1. The predicted molar refractivity (Wildman–Crippen MR) is 90.1 cm³/mol. The zero-order valence-electron chi connectivity index (χ0n) is 13.2. The second kappa shape index (κ2) is 6.30. The lowest BCUT2D eigenvalue weighted by Gasteiger charge is -2.12. The first-order valence-corrected chi connectivity index (χ1v) is 8.04. The van der Waals surface area contributed by atoms with E-state index in [0.717, 1.165) is 29.5 Å². The van der Waals surface area contributed by atoms with E-state index in [1.165, 1.54) is 6.92 Å². The Balaban J connectivity index is 2.47. The van der Waals surface area contributed by atoms with E-state index >= 15 is 0 Å². The van der Waals surface area contributed by atoms with Crippen LogP contribution in [0.1, 0.15) is 15.2 Å². The highest BCUT2D eigenvalue weighted by Gasteiger charge is 2.24. The molecular formula is C16H11F2N3O4S. The lowest BCUT2D eigenvalue weighted by Crippen LogP contribution is -2.27. The molecule has 3 rings (SSSR count). The summed E-state index contributed by atoms with van der Waals surface area (Å²) < 4.78 is 29.0. The Hall–Kier alpha value is -3.14. The number of hydrogen-bond acceptors (Lipinski definition) is 5. The SMILES string of the molecule is Cc1c(C(N)=O)sc2nc(-c3c(F)cccc3F)n(CC(=O)O)c(=O)c12. The van der Waals surface area contributed by atoms with Crippen LogP contribution in [0.3, 0.4) is 0 Å². The summed E-state index contributed by atoms with van der Waals surface area (Å²) in [6.45, 7) is 0.614. The molecule has 0 aliphatic carbocycles. The Kier molecular flexibility index (Phi) is 4.28. The molecule has 1 aromatic carbocycles. The molecule has 0 atom stereocenters. The van der Waals surface area contributed by atoms with Gasteiger partial charge in [0, 0.05) is 0 Å². The van der Waals surface area contributed by atoms with Gasteiger partial charge in [-0.2, -0.15) is 0 Å². The minimum atomic E-state index is -1.39. The number of nitrogens with two attached hydrogens (primary N) is 1. The Morgan fingerprint density at radius 1 is 1.31 bits per heavy atom. The van der Waals surface area contributed by atoms with E-state index < -0.39 is 47.0 Å². The molecule has 0 aliphatic heterocycles. The van der Waals surface area contributed by atoms with Gasteiger partial charge in [0.25, 0.3) is 11.5 Å². The highest BCUT2D eigenvalue weighted by atomic mass is 32.1. The van der Waals surface area contributed by atoms with E-state index in [1.807, 2.05) is 0 Å². The van der Waals surface area contributed by atoms with Gasteiger partial charge in [-0.1, -0.05) is 6.07 Å². The maximum absolute atomic E-state index is 14.2. The van der Waals surface area contributed by atoms with Crippen molar-refractivity contribution in [2.45, 2.75) is 13.5 Å². The van der Waals surface area contributed by atoms with Gasteiger partial charge in [0.05, 0.1) is 15.8 Å². The number of carboxylic acid groups (broad SMARTS) is 1. The van der Waals surface area contributed by atoms with Crippen LogP contribution in [0.15, 0.2) is 23.0 Å². The number of thiophene rings is 1. The summed E-state index contributed by atoms with van der Waals surface area (Å²) >= 11 is 0.803. The number of primary amides is 1. The second-order valence-corrected chi connectivity index (χ2v) is 6.42. The number of amides is 1. The number of halogens is 2. The summed E-state index contributed by atoms with van der Waals surface area (Å²) in [6, 6.07) is 3.07. The molecule has 134 valence electrons. The van der Waals surface area contributed by atoms with Crippen molar-refractivity contribution < 1.29 is 23.5 Å². The van der Waals surface area contributed by atoms with Crippen molar-refractivity contribution in [1.29, 1.82) is 0 Å². The van der Waals surface area contributed by atoms with Crippen LogP contribution in [0, 0.1) is 18.6 Å². The first-order valence-electron chi connectivity index (χ1n) is 7.22. The largest absolute Gasteiger partial charge is 0.480 e. The number of rotatable bonds is 4. The molecule has 7 nitrogen and oxygen atoms in total. The monoisotopic (exact) mass is 379 g/mol. The van der Waals surface area contributed by atoms with Crippen LogP contribution >= 0.6 is 11.3 Å². The smallest absolute Gasteiger partial charge is 0.323 e. The molecule has 0 saturated carbocycles. The minimum absolute atomic E-state index is 0.00875. The molecule has 0 aliphatic rings.